The molecule has 4 heterocycles. The second-order valence-electron chi connectivity index (χ2n) is 7.08. The Hall–Kier alpha value is -4.29. The summed E-state index contributed by atoms with van der Waals surface area (Å²) in [6.45, 7) is 0.406. The van der Waals surface area contributed by atoms with E-state index in [0.29, 0.717) is 11.5 Å². The number of aryl methyl sites for hydroxylation is 1. The zero-order valence-corrected chi connectivity index (χ0v) is 16.6. The summed E-state index contributed by atoms with van der Waals surface area (Å²) in [4.78, 5) is 17.6. The van der Waals surface area contributed by atoms with Crippen LogP contribution in [0.25, 0.3) is 22.6 Å². The van der Waals surface area contributed by atoms with Crippen molar-refractivity contribution in [2.24, 2.45) is 7.05 Å². The van der Waals surface area contributed by atoms with E-state index < -0.39 is 23.8 Å². The van der Waals surface area contributed by atoms with E-state index in [4.69, 9.17) is 4.74 Å². The fourth-order valence-corrected chi connectivity index (χ4v) is 3.48. The summed E-state index contributed by atoms with van der Waals surface area (Å²) in [5.74, 6) is -1.24. The highest BCUT2D eigenvalue weighted by Gasteiger charge is 2.33. The first-order valence-electron chi connectivity index (χ1n) is 9.50. The largest absolute Gasteiger partial charge is 0.442 e. The molecular weight excluding hydrogens is 424 g/mol. The van der Waals surface area contributed by atoms with Gasteiger partial charge in [-0.1, -0.05) is 11.3 Å². The van der Waals surface area contributed by atoms with Gasteiger partial charge in [0.15, 0.2) is 5.82 Å². The summed E-state index contributed by atoms with van der Waals surface area (Å²) in [6.07, 6.45) is 3.25. The lowest BCUT2D eigenvalue weighted by molar-refractivity contribution is 0.129. The number of hydrogen-bond acceptors (Lipinski definition) is 8. The van der Waals surface area contributed by atoms with Crippen molar-refractivity contribution in [1.82, 2.24) is 40.2 Å². The molecule has 32 heavy (non-hydrogen) atoms. The van der Waals surface area contributed by atoms with Gasteiger partial charge < -0.3 is 4.74 Å². The number of anilines is 1. The third kappa shape index (κ3) is 3.53. The van der Waals surface area contributed by atoms with Crippen LogP contribution in [0, 0.1) is 11.6 Å². The van der Waals surface area contributed by atoms with Gasteiger partial charge in [0.2, 0.25) is 0 Å². The summed E-state index contributed by atoms with van der Waals surface area (Å²) in [6, 6.07) is 5.28. The van der Waals surface area contributed by atoms with Crippen molar-refractivity contribution in [3.63, 3.8) is 0 Å². The van der Waals surface area contributed by atoms with Crippen LogP contribution in [-0.2, 0) is 18.3 Å². The SMILES string of the molecule is Cn1nnnc1-c1ccc(-c2c(F)cc(N3C[C@H](Cn4ccnn4)OC3=O)cc2F)cn1. The molecule has 11 nitrogen and oxygen atoms in total. The first-order chi connectivity index (χ1) is 15.5. The number of aromatic nitrogens is 8. The maximum atomic E-state index is 14.9. The average molecular weight is 439 g/mol. The molecule has 0 saturated carbocycles. The van der Waals surface area contributed by atoms with Gasteiger partial charge in [-0.3, -0.25) is 9.88 Å². The maximum Gasteiger partial charge on any atom is 0.414 e. The van der Waals surface area contributed by atoms with Crippen LogP contribution in [0.2, 0.25) is 0 Å². The summed E-state index contributed by atoms with van der Waals surface area (Å²) in [7, 11) is 1.66. The van der Waals surface area contributed by atoms with Gasteiger partial charge in [0, 0.05) is 25.0 Å². The Bertz CT molecular complexity index is 1250. The third-order valence-corrected chi connectivity index (χ3v) is 4.98. The van der Waals surface area contributed by atoms with Gasteiger partial charge >= 0.3 is 6.09 Å². The molecule has 1 fully saturated rings. The Labute approximate surface area is 179 Å². The fraction of sp³-hybridized carbons (Fsp3) is 0.211. The van der Waals surface area contributed by atoms with Crippen molar-refractivity contribution in [3.05, 3.63) is 54.5 Å². The Morgan fingerprint density at radius 1 is 1.19 bits per heavy atom. The number of tetrazole rings is 1. The number of carbonyl (C=O) groups is 1. The standard InChI is InChI=1S/C19H15F2N9O2/c1-28-18(24-25-27-28)16-3-2-11(8-22-16)17-14(20)6-12(7-15(17)21)30-10-13(32-19(30)31)9-29-5-4-23-26-29/h2-8,13H,9-10H2,1H3/t13-/m0/s1. The molecule has 0 unspecified atom stereocenters. The van der Waals surface area contributed by atoms with Crippen molar-refractivity contribution < 1.29 is 18.3 Å². The van der Waals surface area contributed by atoms with Crippen molar-refractivity contribution >= 4 is 11.8 Å². The van der Waals surface area contributed by atoms with Gasteiger partial charge in [-0.15, -0.1) is 10.2 Å². The lowest BCUT2D eigenvalue weighted by atomic mass is 10.0. The minimum atomic E-state index is -0.831. The number of ether oxygens (including phenoxy) is 1. The number of carbonyl (C=O) groups excluding carboxylic acids is 1. The van der Waals surface area contributed by atoms with E-state index in [1.807, 2.05) is 0 Å². The predicted octanol–water partition coefficient (Wildman–Crippen LogP) is 1.83. The summed E-state index contributed by atoms with van der Waals surface area (Å²) in [5, 5.41) is 18.6. The minimum Gasteiger partial charge on any atom is -0.442 e. The molecule has 1 amide bonds. The molecule has 5 rings (SSSR count). The Morgan fingerprint density at radius 3 is 2.62 bits per heavy atom. The molecule has 0 radical (unpaired) electrons. The normalized spacial score (nSPS) is 15.9. The second kappa shape index (κ2) is 7.76. The Kier molecular flexibility index (Phi) is 4.77. The average Bonchev–Trinajstić information content (AvgIpc) is 3.50. The van der Waals surface area contributed by atoms with Gasteiger partial charge in [0.05, 0.1) is 30.5 Å². The Balaban J connectivity index is 1.39. The fourth-order valence-electron chi connectivity index (χ4n) is 3.48. The lowest BCUT2D eigenvalue weighted by Gasteiger charge is -2.15. The molecule has 4 aromatic rings. The van der Waals surface area contributed by atoms with E-state index >= 15 is 0 Å². The third-order valence-electron chi connectivity index (χ3n) is 4.98. The van der Waals surface area contributed by atoms with Crippen LogP contribution >= 0.6 is 0 Å². The first kappa shape index (κ1) is 19.7. The number of amides is 1. The number of hydrogen-bond donors (Lipinski definition) is 0. The van der Waals surface area contributed by atoms with Crippen LogP contribution in [0.1, 0.15) is 0 Å². The summed E-state index contributed by atoms with van der Waals surface area (Å²) >= 11 is 0. The highest BCUT2D eigenvalue weighted by Crippen LogP contribution is 2.32. The molecule has 13 heteroatoms. The minimum absolute atomic E-state index is 0.0598. The van der Waals surface area contributed by atoms with Gasteiger partial charge in [0.1, 0.15) is 23.4 Å². The quantitative estimate of drug-likeness (QED) is 0.462. The van der Waals surface area contributed by atoms with E-state index in [0.717, 1.165) is 12.1 Å². The predicted molar refractivity (Wildman–Crippen MR) is 105 cm³/mol. The molecule has 1 aliphatic rings. The van der Waals surface area contributed by atoms with Crippen molar-refractivity contribution in [1.29, 1.82) is 0 Å². The van der Waals surface area contributed by atoms with E-state index in [1.54, 1.807) is 19.3 Å². The smallest absolute Gasteiger partial charge is 0.414 e. The maximum absolute atomic E-state index is 14.9. The zero-order valence-electron chi connectivity index (χ0n) is 16.6. The van der Waals surface area contributed by atoms with E-state index in [9.17, 15) is 13.6 Å². The van der Waals surface area contributed by atoms with E-state index in [1.165, 1.54) is 32.7 Å². The molecule has 0 bridgehead atoms. The van der Waals surface area contributed by atoms with Crippen LogP contribution in [0.4, 0.5) is 19.3 Å². The van der Waals surface area contributed by atoms with E-state index in [2.05, 4.69) is 30.8 Å². The van der Waals surface area contributed by atoms with Crippen LogP contribution in [0.15, 0.2) is 42.9 Å². The highest BCUT2D eigenvalue weighted by molar-refractivity contribution is 5.90. The van der Waals surface area contributed by atoms with Gasteiger partial charge in [-0.25, -0.2) is 22.9 Å². The van der Waals surface area contributed by atoms with Crippen LogP contribution in [0.3, 0.4) is 0 Å². The van der Waals surface area contributed by atoms with Gasteiger partial charge in [-0.05, 0) is 28.6 Å². The zero-order chi connectivity index (χ0) is 22.2. The van der Waals surface area contributed by atoms with Crippen molar-refractivity contribution in [2.75, 3.05) is 11.4 Å². The van der Waals surface area contributed by atoms with Crippen LogP contribution in [0.5, 0.6) is 0 Å². The molecule has 0 aliphatic carbocycles. The van der Waals surface area contributed by atoms with Gasteiger partial charge in [-0.2, -0.15) is 0 Å². The van der Waals surface area contributed by atoms with Crippen molar-refractivity contribution in [2.45, 2.75) is 12.6 Å². The molecule has 3 aromatic heterocycles. The molecule has 1 saturated heterocycles. The molecule has 1 aliphatic heterocycles. The first-order valence-corrected chi connectivity index (χ1v) is 9.50. The van der Waals surface area contributed by atoms with E-state index in [-0.39, 0.29) is 29.9 Å². The molecular formula is C19H15F2N9O2. The number of cyclic esters (lactones) is 1. The number of pyridine rings is 1. The lowest BCUT2D eigenvalue weighted by Crippen LogP contribution is -2.26. The topological polar surface area (TPSA) is 117 Å². The number of benzene rings is 1. The summed E-state index contributed by atoms with van der Waals surface area (Å²) < 4.78 is 38.1. The monoisotopic (exact) mass is 439 g/mol. The summed E-state index contributed by atoms with van der Waals surface area (Å²) in [5.41, 5.74) is 0.496. The van der Waals surface area contributed by atoms with Crippen LogP contribution < -0.4 is 4.90 Å². The molecule has 0 spiro atoms. The molecule has 162 valence electrons. The molecule has 0 N–H and O–H groups in total. The second-order valence-corrected chi connectivity index (χ2v) is 7.08. The number of nitrogens with zero attached hydrogens (tertiary/aromatic N) is 9. The van der Waals surface area contributed by atoms with Gasteiger partial charge in [0.25, 0.3) is 0 Å². The molecule has 1 aromatic carbocycles. The molecule has 1 atom stereocenters. The van der Waals surface area contributed by atoms with Crippen molar-refractivity contribution in [3.8, 4) is 22.6 Å². The number of rotatable bonds is 5. The van der Waals surface area contributed by atoms with Crippen LogP contribution in [-0.4, -0.2) is 58.9 Å². The number of halogens is 2. The highest BCUT2D eigenvalue weighted by atomic mass is 19.1. The Morgan fingerprint density at radius 2 is 2.00 bits per heavy atom.